The van der Waals surface area contributed by atoms with Crippen LogP contribution in [0.1, 0.15) is 27.2 Å². The maximum atomic E-state index is 12.3. The number of rotatable bonds is 4. The summed E-state index contributed by atoms with van der Waals surface area (Å²) >= 11 is 7.48. The molecule has 0 saturated carbocycles. The fourth-order valence-electron chi connectivity index (χ4n) is 2.37. The van der Waals surface area contributed by atoms with Gasteiger partial charge in [-0.05, 0) is 50.1 Å². The van der Waals surface area contributed by atoms with Crippen molar-refractivity contribution in [1.82, 2.24) is 4.98 Å². The van der Waals surface area contributed by atoms with Gasteiger partial charge in [-0.2, -0.15) is 0 Å². The molecule has 1 amide bonds. The lowest BCUT2D eigenvalue weighted by atomic mass is 10.1. The number of carbonyl (C=O) groups excluding carboxylic acids is 1. The first-order valence-electron chi connectivity index (χ1n) is 7.79. The van der Waals surface area contributed by atoms with E-state index in [4.69, 9.17) is 11.6 Å². The summed E-state index contributed by atoms with van der Waals surface area (Å²) < 4.78 is 0. The second kappa shape index (κ2) is 7.25. The van der Waals surface area contributed by atoms with Crippen LogP contribution >= 0.6 is 22.9 Å². The second-order valence-corrected chi connectivity index (χ2v) is 7.16. The van der Waals surface area contributed by atoms with Gasteiger partial charge in [-0.15, -0.1) is 11.3 Å². The number of aryl methyl sites for hydroxylation is 3. The number of nitrogens with zero attached hydrogens (tertiary/aromatic N) is 1. The van der Waals surface area contributed by atoms with Crippen LogP contribution in [0.4, 0.5) is 16.5 Å². The average Bonchev–Trinajstić information content (AvgIpc) is 3.02. The number of hydrogen-bond acceptors (Lipinski definition) is 4. The number of thiazole rings is 1. The molecule has 0 atom stereocenters. The lowest BCUT2D eigenvalue weighted by Crippen LogP contribution is -2.12. The number of amides is 1. The van der Waals surface area contributed by atoms with Crippen LogP contribution in [0.5, 0.6) is 0 Å². The number of benzene rings is 2. The first-order chi connectivity index (χ1) is 11.9. The second-order valence-electron chi connectivity index (χ2n) is 5.90. The van der Waals surface area contributed by atoms with Gasteiger partial charge in [-0.1, -0.05) is 35.4 Å². The molecule has 0 saturated heterocycles. The van der Waals surface area contributed by atoms with Crippen molar-refractivity contribution in [1.29, 1.82) is 0 Å². The van der Waals surface area contributed by atoms with Gasteiger partial charge in [-0.25, -0.2) is 4.98 Å². The molecule has 25 heavy (non-hydrogen) atoms. The summed E-state index contributed by atoms with van der Waals surface area (Å²) in [5, 5.41) is 9.11. The van der Waals surface area contributed by atoms with Gasteiger partial charge < -0.3 is 10.6 Å². The summed E-state index contributed by atoms with van der Waals surface area (Å²) in [6.45, 7) is 6.01. The van der Waals surface area contributed by atoms with Crippen molar-refractivity contribution < 1.29 is 4.79 Å². The summed E-state index contributed by atoms with van der Waals surface area (Å²) in [6, 6.07) is 11.6. The van der Waals surface area contributed by atoms with E-state index in [1.165, 1.54) is 16.9 Å². The van der Waals surface area contributed by atoms with E-state index >= 15 is 0 Å². The molecule has 3 aromatic rings. The molecule has 0 spiro atoms. The lowest BCUT2D eigenvalue weighted by Gasteiger charge is -2.07. The van der Waals surface area contributed by atoms with E-state index in [9.17, 15) is 4.79 Å². The van der Waals surface area contributed by atoms with Crippen molar-refractivity contribution in [2.45, 2.75) is 20.8 Å². The Labute approximate surface area is 155 Å². The topological polar surface area (TPSA) is 54.0 Å². The quantitative estimate of drug-likeness (QED) is 0.616. The number of carbonyl (C=O) groups is 1. The maximum absolute atomic E-state index is 12.3. The van der Waals surface area contributed by atoms with Crippen LogP contribution in [0.2, 0.25) is 5.02 Å². The van der Waals surface area contributed by atoms with Crippen LogP contribution in [0.3, 0.4) is 0 Å². The van der Waals surface area contributed by atoms with Gasteiger partial charge in [0.25, 0.3) is 5.91 Å². The van der Waals surface area contributed by atoms with E-state index < -0.39 is 0 Å². The van der Waals surface area contributed by atoms with Crippen LogP contribution in [0, 0.1) is 20.8 Å². The third-order valence-electron chi connectivity index (χ3n) is 3.79. The smallest absolute Gasteiger partial charge is 0.275 e. The van der Waals surface area contributed by atoms with Gasteiger partial charge in [0.15, 0.2) is 5.13 Å². The molecule has 0 fully saturated rings. The molecular weight excluding hydrogens is 354 g/mol. The van der Waals surface area contributed by atoms with Crippen molar-refractivity contribution in [2.75, 3.05) is 10.6 Å². The zero-order valence-corrected chi connectivity index (χ0v) is 15.8. The highest BCUT2D eigenvalue weighted by molar-refractivity contribution is 7.14. The Balaban J connectivity index is 1.71. The Morgan fingerprint density at radius 2 is 1.88 bits per heavy atom. The molecule has 3 rings (SSSR count). The highest BCUT2D eigenvalue weighted by Crippen LogP contribution is 2.25. The van der Waals surface area contributed by atoms with Gasteiger partial charge in [0, 0.05) is 21.8 Å². The minimum absolute atomic E-state index is 0.259. The summed E-state index contributed by atoms with van der Waals surface area (Å²) in [5.74, 6) is -0.259. The minimum atomic E-state index is -0.259. The Morgan fingerprint density at radius 3 is 2.60 bits per heavy atom. The molecule has 2 N–H and O–H groups in total. The zero-order chi connectivity index (χ0) is 18.0. The van der Waals surface area contributed by atoms with Crippen LogP contribution in [-0.2, 0) is 0 Å². The van der Waals surface area contributed by atoms with Crippen molar-refractivity contribution in [3.8, 4) is 0 Å². The Kier molecular flexibility index (Phi) is 5.06. The van der Waals surface area contributed by atoms with Crippen LogP contribution in [0.15, 0.2) is 41.8 Å². The number of aromatic nitrogens is 1. The fraction of sp³-hybridized carbons (Fsp3) is 0.158. The summed E-state index contributed by atoms with van der Waals surface area (Å²) in [4.78, 5) is 16.7. The first kappa shape index (κ1) is 17.5. The van der Waals surface area contributed by atoms with Crippen LogP contribution < -0.4 is 10.6 Å². The van der Waals surface area contributed by atoms with Gasteiger partial charge in [-0.3, -0.25) is 4.79 Å². The Morgan fingerprint density at radius 1 is 1.08 bits per heavy atom. The lowest BCUT2D eigenvalue weighted by molar-refractivity contribution is 0.102. The third-order valence-corrected chi connectivity index (χ3v) is 4.95. The van der Waals surface area contributed by atoms with Gasteiger partial charge in [0.2, 0.25) is 0 Å². The molecule has 4 nitrogen and oxygen atoms in total. The molecular formula is C19H18ClN3OS. The summed E-state index contributed by atoms with van der Waals surface area (Å²) in [5.41, 5.74) is 5.31. The number of halogens is 1. The third kappa shape index (κ3) is 4.18. The SMILES string of the molecule is Cc1ccc(Nc2nc(C(=O)Nc3ccc(C)c(Cl)c3)cs2)c(C)c1. The van der Waals surface area contributed by atoms with E-state index in [-0.39, 0.29) is 5.91 Å². The number of hydrogen-bond donors (Lipinski definition) is 2. The predicted octanol–water partition coefficient (Wildman–Crippen LogP) is 5.72. The largest absolute Gasteiger partial charge is 0.331 e. The molecule has 0 aliphatic rings. The van der Waals surface area contributed by atoms with Crippen molar-refractivity contribution in [3.05, 3.63) is 69.2 Å². The molecule has 6 heteroatoms. The molecule has 2 aromatic carbocycles. The molecule has 1 aromatic heterocycles. The van der Waals surface area contributed by atoms with Crippen molar-refractivity contribution >= 4 is 45.4 Å². The zero-order valence-electron chi connectivity index (χ0n) is 14.2. The fourth-order valence-corrected chi connectivity index (χ4v) is 3.25. The Bertz CT molecular complexity index is 936. The van der Waals surface area contributed by atoms with E-state index in [1.807, 2.05) is 38.1 Å². The molecule has 0 aliphatic heterocycles. The van der Waals surface area contributed by atoms with E-state index in [2.05, 4.69) is 28.6 Å². The highest BCUT2D eigenvalue weighted by atomic mass is 35.5. The monoisotopic (exact) mass is 371 g/mol. The predicted molar refractivity (Wildman–Crippen MR) is 105 cm³/mol. The summed E-state index contributed by atoms with van der Waals surface area (Å²) in [6.07, 6.45) is 0. The Hall–Kier alpha value is -2.37. The molecule has 1 heterocycles. The standard InChI is InChI=1S/C19H18ClN3OS/c1-11-4-7-16(13(3)8-11)22-19-23-17(10-25-19)18(24)21-14-6-5-12(2)15(20)9-14/h4-10H,1-3H3,(H,21,24)(H,22,23). The highest BCUT2D eigenvalue weighted by Gasteiger charge is 2.12. The molecule has 0 radical (unpaired) electrons. The van der Waals surface area contributed by atoms with Crippen LogP contribution in [0.25, 0.3) is 0 Å². The molecule has 128 valence electrons. The minimum Gasteiger partial charge on any atom is -0.331 e. The number of nitrogens with one attached hydrogen (secondary N) is 2. The van der Waals surface area contributed by atoms with E-state index in [0.717, 1.165) is 16.8 Å². The normalized spacial score (nSPS) is 10.6. The first-order valence-corrected chi connectivity index (χ1v) is 9.05. The van der Waals surface area contributed by atoms with Gasteiger partial charge in [0.1, 0.15) is 5.69 Å². The van der Waals surface area contributed by atoms with E-state index in [0.29, 0.717) is 21.5 Å². The number of anilines is 3. The van der Waals surface area contributed by atoms with Crippen molar-refractivity contribution in [3.63, 3.8) is 0 Å². The molecule has 0 aliphatic carbocycles. The van der Waals surface area contributed by atoms with E-state index in [1.54, 1.807) is 11.4 Å². The molecule has 0 bridgehead atoms. The average molecular weight is 372 g/mol. The van der Waals surface area contributed by atoms with Crippen molar-refractivity contribution in [2.24, 2.45) is 0 Å². The van der Waals surface area contributed by atoms with Crippen LogP contribution in [-0.4, -0.2) is 10.9 Å². The van der Waals surface area contributed by atoms with Gasteiger partial charge >= 0.3 is 0 Å². The maximum Gasteiger partial charge on any atom is 0.275 e. The molecule has 0 unspecified atom stereocenters. The summed E-state index contributed by atoms with van der Waals surface area (Å²) in [7, 11) is 0. The van der Waals surface area contributed by atoms with Gasteiger partial charge in [0.05, 0.1) is 0 Å².